The molecule has 2 aromatic carbocycles. The van der Waals surface area contributed by atoms with Crippen LogP contribution < -0.4 is 0 Å². The molecule has 0 aromatic heterocycles. The van der Waals surface area contributed by atoms with Gasteiger partial charge in [0.1, 0.15) is 17.5 Å². The van der Waals surface area contributed by atoms with E-state index in [0.717, 1.165) is 36.2 Å². The summed E-state index contributed by atoms with van der Waals surface area (Å²) in [6, 6.07) is 7.73. The number of allylic oxidation sites excluding steroid dienone is 3. The molecule has 2 fully saturated rings. The highest BCUT2D eigenvalue weighted by Crippen LogP contribution is 2.48. The van der Waals surface area contributed by atoms with E-state index in [0.29, 0.717) is 12.3 Å². The number of halogens is 3. The third kappa shape index (κ3) is 4.87. The van der Waals surface area contributed by atoms with Crippen molar-refractivity contribution in [2.75, 3.05) is 0 Å². The van der Waals surface area contributed by atoms with Crippen LogP contribution in [0.3, 0.4) is 0 Å². The molecule has 4 unspecified atom stereocenters. The molecule has 2 aliphatic rings. The summed E-state index contributed by atoms with van der Waals surface area (Å²) in [7, 11) is 0. The Morgan fingerprint density at radius 2 is 1.62 bits per heavy atom. The molecule has 0 heterocycles. The van der Waals surface area contributed by atoms with Crippen LogP contribution in [-0.4, -0.2) is 0 Å². The van der Waals surface area contributed by atoms with Crippen LogP contribution in [0.25, 0.3) is 11.1 Å². The van der Waals surface area contributed by atoms with E-state index in [-0.39, 0.29) is 23.1 Å². The van der Waals surface area contributed by atoms with Gasteiger partial charge in [0.2, 0.25) is 0 Å². The predicted octanol–water partition coefficient (Wildman–Crippen LogP) is 8.77. The standard InChI is InChI=1S/C29H33F3/c1-3-5-7-26-28(31)17-24(18-29(26)32)25-13-12-23(16-27(25)30)22-11-10-20-14-19(6-4-2)8-9-21(20)15-22/h3-4,6,12-13,16-22H,1,5,7-11,14-15H2,2H3/b6-4+. The molecule has 0 spiro atoms. The molecule has 0 bridgehead atoms. The van der Waals surface area contributed by atoms with Crippen LogP contribution in [0.2, 0.25) is 0 Å². The fourth-order valence-corrected chi connectivity index (χ4v) is 5.94. The Bertz CT molecular complexity index is 967. The molecule has 0 amide bonds. The summed E-state index contributed by atoms with van der Waals surface area (Å²) in [5.74, 6) is 0.944. The van der Waals surface area contributed by atoms with Crippen molar-refractivity contribution in [3.63, 3.8) is 0 Å². The van der Waals surface area contributed by atoms with Crippen LogP contribution in [-0.2, 0) is 6.42 Å². The van der Waals surface area contributed by atoms with Crippen LogP contribution in [0.15, 0.2) is 55.1 Å². The fourth-order valence-electron chi connectivity index (χ4n) is 5.94. The van der Waals surface area contributed by atoms with Gasteiger partial charge < -0.3 is 0 Å². The molecule has 2 aliphatic carbocycles. The molecule has 0 aliphatic heterocycles. The average Bonchev–Trinajstić information content (AvgIpc) is 2.78. The van der Waals surface area contributed by atoms with Gasteiger partial charge in [-0.15, -0.1) is 6.58 Å². The van der Waals surface area contributed by atoms with Crippen molar-refractivity contribution in [3.8, 4) is 11.1 Å². The SMILES string of the molecule is C=CCCc1c(F)cc(-c2ccc(C3CCC4CC(/C=C/C)CCC4C3)cc2F)cc1F. The van der Waals surface area contributed by atoms with Crippen molar-refractivity contribution in [3.05, 3.63) is 83.7 Å². The second-order valence-corrected chi connectivity index (χ2v) is 9.61. The number of benzene rings is 2. The third-order valence-electron chi connectivity index (χ3n) is 7.63. The van der Waals surface area contributed by atoms with Crippen LogP contribution in [0.4, 0.5) is 13.2 Å². The largest absolute Gasteiger partial charge is 0.207 e. The van der Waals surface area contributed by atoms with Crippen molar-refractivity contribution >= 4 is 0 Å². The normalized spacial score (nSPS) is 25.6. The van der Waals surface area contributed by atoms with E-state index in [1.54, 1.807) is 18.2 Å². The van der Waals surface area contributed by atoms with Gasteiger partial charge >= 0.3 is 0 Å². The minimum absolute atomic E-state index is 0.0339. The lowest BCUT2D eigenvalue weighted by atomic mass is 9.64. The van der Waals surface area contributed by atoms with E-state index < -0.39 is 17.5 Å². The lowest BCUT2D eigenvalue weighted by Gasteiger charge is -2.41. The highest BCUT2D eigenvalue weighted by atomic mass is 19.1. The molecule has 32 heavy (non-hydrogen) atoms. The summed E-state index contributed by atoms with van der Waals surface area (Å²) in [4.78, 5) is 0. The van der Waals surface area contributed by atoms with Crippen LogP contribution >= 0.6 is 0 Å². The van der Waals surface area contributed by atoms with E-state index >= 15 is 4.39 Å². The molecule has 0 radical (unpaired) electrons. The zero-order valence-electron chi connectivity index (χ0n) is 18.9. The van der Waals surface area contributed by atoms with Crippen molar-refractivity contribution in [2.24, 2.45) is 17.8 Å². The molecule has 0 saturated heterocycles. The zero-order chi connectivity index (χ0) is 22.7. The van der Waals surface area contributed by atoms with Gasteiger partial charge in [-0.3, -0.25) is 0 Å². The number of hydrogen-bond donors (Lipinski definition) is 0. The molecule has 2 aromatic rings. The first-order valence-corrected chi connectivity index (χ1v) is 12.0. The molecule has 2 saturated carbocycles. The molecule has 0 nitrogen and oxygen atoms in total. The number of hydrogen-bond acceptors (Lipinski definition) is 0. The van der Waals surface area contributed by atoms with Crippen LogP contribution in [0.5, 0.6) is 0 Å². The van der Waals surface area contributed by atoms with Crippen LogP contribution in [0.1, 0.15) is 68.9 Å². The van der Waals surface area contributed by atoms with Gasteiger partial charge in [-0.1, -0.05) is 30.4 Å². The highest BCUT2D eigenvalue weighted by Gasteiger charge is 2.35. The van der Waals surface area contributed by atoms with Crippen molar-refractivity contribution in [1.29, 1.82) is 0 Å². The maximum absolute atomic E-state index is 15.1. The number of fused-ring (bicyclic) bond motifs is 1. The summed E-state index contributed by atoms with van der Waals surface area (Å²) in [5, 5.41) is 0. The van der Waals surface area contributed by atoms with Gasteiger partial charge in [-0.05, 0) is 111 Å². The first kappa shape index (κ1) is 22.9. The first-order valence-electron chi connectivity index (χ1n) is 12.0. The van der Waals surface area contributed by atoms with Gasteiger partial charge in [0.05, 0.1) is 0 Å². The topological polar surface area (TPSA) is 0 Å². The molecule has 0 N–H and O–H groups in total. The maximum atomic E-state index is 15.1. The summed E-state index contributed by atoms with van der Waals surface area (Å²) in [6.07, 6.45) is 14.1. The minimum atomic E-state index is -0.628. The Morgan fingerprint density at radius 1 is 0.906 bits per heavy atom. The average molecular weight is 439 g/mol. The molecule has 3 heteroatoms. The molecular formula is C29H33F3. The lowest BCUT2D eigenvalue weighted by molar-refractivity contribution is 0.133. The zero-order valence-corrected chi connectivity index (χ0v) is 18.9. The van der Waals surface area contributed by atoms with Gasteiger partial charge in [-0.25, -0.2) is 13.2 Å². The van der Waals surface area contributed by atoms with E-state index in [1.807, 2.05) is 6.07 Å². The molecule has 170 valence electrons. The van der Waals surface area contributed by atoms with Crippen LogP contribution in [0, 0.1) is 35.2 Å². The first-order chi connectivity index (χ1) is 15.5. The molecular weight excluding hydrogens is 405 g/mol. The van der Waals surface area contributed by atoms with Gasteiger partial charge in [0, 0.05) is 11.1 Å². The van der Waals surface area contributed by atoms with E-state index in [2.05, 4.69) is 25.7 Å². The summed E-state index contributed by atoms with van der Waals surface area (Å²) >= 11 is 0. The maximum Gasteiger partial charge on any atom is 0.131 e. The van der Waals surface area contributed by atoms with Gasteiger partial charge in [-0.2, -0.15) is 0 Å². The summed E-state index contributed by atoms with van der Waals surface area (Å²) in [6.45, 7) is 5.69. The van der Waals surface area contributed by atoms with Crippen molar-refractivity contribution < 1.29 is 13.2 Å². The van der Waals surface area contributed by atoms with Crippen molar-refractivity contribution in [1.82, 2.24) is 0 Å². The molecule has 4 atom stereocenters. The number of rotatable bonds is 6. The van der Waals surface area contributed by atoms with E-state index in [1.165, 1.54) is 37.8 Å². The Balaban J connectivity index is 1.49. The Morgan fingerprint density at radius 3 is 2.31 bits per heavy atom. The lowest BCUT2D eigenvalue weighted by Crippen LogP contribution is -2.30. The molecule has 4 rings (SSSR count). The second-order valence-electron chi connectivity index (χ2n) is 9.61. The van der Waals surface area contributed by atoms with Gasteiger partial charge in [0.25, 0.3) is 0 Å². The minimum Gasteiger partial charge on any atom is -0.207 e. The van der Waals surface area contributed by atoms with E-state index in [4.69, 9.17) is 0 Å². The Kier molecular flexibility index (Phi) is 7.23. The predicted molar refractivity (Wildman–Crippen MR) is 126 cm³/mol. The van der Waals surface area contributed by atoms with Crippen molar-refractivity contribution in [2.45, 2.75) is 64.2 Å². The second kappa shape index (κ2) is 10.1. The monoisotopic (exact) mass is 438 g/mol. The van der Waals surface area contributed by atoms with Gasteiger partial charge in [0.15, 0.2) is 0 Å². The smallest absolute Gasteiger partial charge is 0.131 e. The van der Waals surface area contributed by atoms with E-state index in [9.17, 15) is 8.78 Å². The Labute approximate surface area is 190 Å². The summed E-state index contributed by atoms with van der Waals surface area (Å²) in [5.41, 5.74) is 1.55. The fraction of sp³-hybridized carbons (Fsp3) is 0.448. The quantitative estimate of drug-likeness (QED) is 0.395. The third-order valence-corrected chi connectivity index (χ3v) is 7.63. The highest BCUT2D eigenvalue weighted by molar-refractivity contribution is 5.65. The Hall–Kier alpha value is -2.29. The summed E-state index contributed by atoms with van der Waals surface area (Å²) < 4.78 is 44.0.